The zero-order valence-electron chi connectivity index (χ0n) is 12.9. The number of nitrogens with one attached hydrogen (secondary N) is 2. The van der Waals surface area contributed by atoms with Crippen LogP contribution in [0, 0.1) is 0 Å². The van der Waals surface area contributed by atoms with Crippen molar-refractivity contribution in [3.05, 3.63) is 52.0 Å². The predicted molar refractivity (Wildman–Crippen MR) is 90.5 cm³/mol. The van der Waals surface area contributed by atoms with E-state index in [2.05, 4.69) is 21.0 Å². The summed E-state index contributed by atoms with van der Waals surface area (Å²) in [6.07, 6.45) is 2.40. The van der Waals surface area contributed by atoms with Gasteiger partial charge >= 0.3 is 6.03 Å². The molecule has 0 bridgehead atoms. The molecule has 1 atom stereocenters. The summed E-state index contributed by atoms with van der Waals surface area (Å²) >= 11 is 1.58. The van der Waals surface area contributed by atoms with E-state index < -0.39 is 6.10 Å². The molecular weight excluding hydrogens is 310 g/mol. The van der Waals surface area contributed by atoms with Gasteiger partial charge in [-0.1, -0.05) is 30.3 Å². The maximum absolute atomic E-state index is 11.8. The molecule has 5 nitrogen and oxygen atoms in total. The minimum absolute atomic E-state index is 0.228. The van der Waals surface area contributed by atoms with E-state index >= 15 is 0 Å². The SMILES string of the molecule is O=C(NCc1nc(C2CC2)cs1)NCC(O)Cc1ccccc1. The van der Waals surface area contributed by atoms with Gasteiger partial charge in [0.25, 0.3) is 0 Å². The lowest BCUT2D eigenvalue weighted by atomic mass is 10.1. The highest BCUT2D eigenvalue weighted by Gasteiger charge is 2.25. The average molecular weight is 331 g/mol. The van der Waals surface area contributed by atoms with E-state index in [1.54, 1.807) is 11.3 Å². The molecule has 0 saturated heterocycles. The molecule has 1 saturated carbocycles. The van der Waals surface area contributed by atoms with Gasteiger partial charge in [-0.2, -0.15) is 0 Å². The molecule has 3 N–H and O–H groups in total. The third kappa shape index (κ3) is 5.04. The summed E-state index contributed by atoms with van der Waals surface area (Å²) in [7, 11) is 0. The molecular formula is C17H21N3O2S. The van der Waals surface area contributed by atoms with Gasteiger partial charge in [0.1, 0.15) is 5.01 Å². The Bertz CT molecular complexity index is 640. The Labute approximate surface area is 139 Å². The van der Waals surface area contributed by atoms with Crippen LogP contribution in [0.3, 0.4) is 0 Å². The molecule has 1 aromatic carbocycles. The molecule has 23 heavy (non-hydrogen) atoms. The fourth-order valence-electron chi connectivity index (χ4n) is 2.36. The molecule has 2 aromatic rings. The maximum Gasteiger partial charge on any atom is 0.315 e. The van der Waals surface area contributed by atoms with Crippen LogP contribution in [-0.2, 0) is 13.0 Å². The number of benzene rings is 1. The van der Waals surface area contributed by atoms with Crippen LogP contribution in [0.2, 0.25) is 0 Å². The molecule has 1 unspecified atom stereocenters. The molecule has 0 spiro atoms. The van der Waals surface area contributed by atoms with Crippen LogP contribution in [-0.4, -0.2) is 28.8 Å². The monoisotopic (exact) mass is 331 g/mol. The molecule has 2 amide bonds. The van der Waals surface area contributed by atoms with E-state index in [1.165, 1.54) is 12.8 Å². The average Bonchev–Trinajstić information content (AvgIpc) is 3.30. The quantitative estimate of drug-likeness (QED) is 0.729. The van der Waals surface area contributed by atoms with Crippen molar-refractivity contribution in [1.29, 1.82) is 0 Å². The summed E-state index contributed by atoms with van der Waals surface area (Å²) in [6, 6.07) is 9.46. The van der Waals surface area contributed by atoms with Crippen molar-refractivity contribution in [3.63, 3.8) is 0 Å². The zero-order chi connectivity index (χ0) is 16.1. The summed E-state index contributed by atoms with van der Waals surface area (Å²) in [5, 5.41) is 18.4. The summed E-state index contributed by atoms with van der Waals surface area (Å²) in [4.78, 5) is 16.3. The van der Waals surface area contributed by atoms with Gasteiger partial charge in [0.15, 0.2) is 0 Å². The van der Waals surface area contributed by atoms with E-state index in [9.17, 15) is 9.90 Å². The van der Waals surface area contributed by atoms with Crippen LogP contribution in [0.15, 0.2) is 35.7 Å². The number of rotatable bonds is 7. The predicted octanol–water partition coefficient (Wildman–Crippen LogP) is 2.42. The van der Waals surface area contributed by atoms with Crippen LogP contribution in [0.25, 0.3) is 0 Å². The minimum atomic E-state index is -0.593. The first-order valence-electron chi connectivity index (χ1n) is 7.88. The van der Waals surface area contributed by atoms with Crippen LogP contribution >= 0.6 is 11.3 Å². The summed E-state index contributed by atoms with van der Waals surface area (Å²) < 4.78 is 0. The Kier molecular flexibility index (Phi) is 5.25. The maximum atomic E-state index is 11.8. The third-order valence-electron chi connectivity index (χ3n) is 3.78. The second-order valence-electron chi connectivity index (χ2n) is 5.85. The van der Waals surface area contributed by atoms with Gasteiger partial charge in [0.2, 0.25) is 0 Å². The van der Waals surface area contributed by atoms with Gasteiger partial charge in [-0.3, -0.25) is 0 Å². The highest BCUT2D eigenvalue weighted by molar-refractivity contribution is 7.09. The molecule has 1 aliphatic rings. The molecule has 1 aromatic heterocycles. The van der Waals surface area contributed by atoms with E-state index in [1.807, 2.05) is 30.3 Å². The standard InChI is InChI=1S/C17H21N3O2S/c21-14(8-12-4-2-1-3-5-12)9-18-17(22)19-10-16-20-15(11-23-16)13-6-7-13/h1-5,11,13-14,21H,6-10H2,(H2,18,19,22). The molecule has 1 fully saturated rings. The summed E-state index contributed by atoms with van der Waals surface area (Å²) in [5.41, 5.74) is 2.21. The van der Waals surface area contributed by atoms with E-state index in [0.717, 1.165) is 16.3 Å². The fourth-order valence-corrected chi connectivity index (χ4v) is 3.18. The normalized spacial score (nSPS) is 15.2. The first kappa shape index (κ1) is 16.0. The second kappa shape index (κ2) is 7.57. The van der Waals surface area contributed by atoms with Crippen molar-refractivity contribution in [3.8, 4) is 0 Å². The van der Waals surface area contributed by atoms with E-state index in [0.29, 0.717) is 18.9 Å². The number of aliphatic hydroxyl groups excluding tert-OH is 1. The number of urea groups is 1. The first-order valence-corrected chi connectivity index (χ1v) is 8.76. The van der Waals surface area contributed by atoms with Crippen molar-refractivity contribution in [2.75, 3.05) is 6.54 Å². The van der Waals surface area contributed by atoms with Crippen LogP contribution in [0.1, 0.15) is 35.0 Å². The number of aliphatic hydroxyl groups is 1. The van der Waals surface area contributed by atoms with Crippen molar-refractivity contribution < 1.29 is 9.90 Å². The number of carbonyl (C=O) groups excluding carboxylic acids is 1. The Balaban J connectivity index is 1.35. The van der Waals surface area contributed by atoms with Gasteiger partial charge in [-0.25, -0.2) is 9.78 Å². The Morgan fingerprint density at radius 1 is 1.30 bits per heavy atom. The summed E-state index contributed by atoms with van der Waals surface area (Å²) in [6.45, 7) is 0.657. The lowest BCUT2D eigenvalue weighted by Gasteiger charge is -2.12. The van der Waals surface area contributed by atoms with Gasteiger partial charge < -0.3 is 15.7 Å². The fraction of sp³-hybridized carbons (Fsp3) is 0.412. The molecule has 0 radical (unpaired) electrons. The minimum Gasteiger partial charge on any atom is -0.391 e. The lowest BCUT2D eigenvalue weighted by Crippen LogP contribution is -2.39. The first-order chi connectivity index (χ1) is 11.2. The van der Waals surface area contributed by atoms with Gasteiger partial charge in [-0.05, 0) is 18.4 Å². The molecule has 6 heteroatoms. The number of hydrogen-bond donors (Lipinski definition) is 3. The number of amides is 2. The highest BCUT2D eigenvalue weighted by Crippen LogP contribution is 2.40. The van der Waals surface area contributed by atoms with Crippen molar-refractivity contribution in [2.45, 2.75) is 37.8 Å². The Morgan fingerprint density at radius 3 is 2.83 bits per heavy atom. The second-order valence-corrected chi connectivity index (χ2v) is 6.79. The molecule has 3 rings (SSSR count). The van der Waals surface area contributed by atoms with Crippen molar-refractivity contribution in [1.82, 2.24) is 15.6 Å². The van der Waals surface area contributed by atoms with Gasteiger partial charge in [-0.15, -0.1) is 11.3 Å². The summed E-state index contributed by atoms with van der Waals surface area (Å²) in [5.74, 6) is 0.641. The third-order valence-corrected chi connectivity index (χ3v) is 4.64. The van der Waals surface area contributed by atoms with E-state index in [4.69, 9.17) is 0 Å². The smallest absolute Gasteiger partial charge is 0.315 e. The van der Waals surface area contributed by atoms with Crippen molar-refractivity contribution >= 4 is 17.4 Å². The highest BCUT2D eigenvalue weighted by atomic mass is 32.1. The number of nitrogens with zero attached hydrogens (tertiary/aromatic N) is 1. The Morgan fingerprint density at radius 2 is 2.09 bits per heavy atom. The number of hydrogen-bond acceptors (Lipinski definition) is 4. The van der Waals surface area contributed by atoms with Crippen LogP contribution in [0.4, 0.5) is 4.79 Å². The largest absolute Gasteiger partial charge is 0.391 e. The number of aromatic nitrogens is 1. The Hall–Kier alpha value is -1.92. The number of carbonyl (C=O) groups is 1. The molecule has 122 valence electrons. The topological polar surface area (TPSA) is 74.2 Å². The molecule has 0 aliphatic heterocycles. The van der Waals surface area contributed by atoms with E-state index in [-0.39, 0.29) is 12.6 Å². The lowest BCUT2D eigenvalue weighted by molar-refractivity contribution is 0.170. The molecule has 1 heterocycles. The van der Waals surface area contributed by atoms with Crippen molar-refractivity contribution in [2.24, 2.45) is 0 Å². The van der Waals surface area contributed by atoms with Crippen LogP contribution in [0.5, 0.6) is 0 Å². The van der Waals surface area contributed by atoms with Crippen LogP contribution < -0.4 is 10.6 Å². The van der Waals surface area contributed by atoms with Gasteiger partial charge in [0.05, 0.1) is 18.3 Å². The van der Waals surface area contributed by atoms with Gasteiger partial charge in [0, 0.05) is 24.3 Å². The number of thiazole rings is 1. The molecule has 1 aliphatic carbocycles. The zero-order valence-corrected chi connectivity index (χ0v) is 13.7.